The van der Waals surface area contributed by atoms with Gasteiger partial charge >= 0.3 is 6.03 Å². The van der Waals surface area contributed by atoms with E-state index in [1.807, 2.05) is 12.1 Å². The lowest BCUT2D eigenvalue weighted by atomic mass is 10.1. The minimum absolute atomic E-state index is 0.00141. The fraction of sp³-hybridized carbons (Fsp3) is 0.542. The molecule has 1 saturated heterocycles. The molecule has 11 heteroatoms. The summed E-state index contributed by atoms with van der Waals surface area (Å²) in [5, 5.41) is 13.9. The third kappa shape index (κ3) is 6.59. The predicted molar refractivity (Wildman–Crippen MR) is 134 cm³/mol. The molecule has 190 valence electrons. The number of anilines is 2. The van der Waals surface area contributed by atoms with E-state index in [0.29, 0.717) is 24.7 Å². The summed E-state index contributed by atoms with van der Waals surface area (Å²) in [5.74, 6) is 2.40. The van der Waals surface area contributed by atoms with E-state index in [9.17, 15) is 18.7 Å². The number of urea groups is 1. The van der Waals surface area contributed by atoms with E-state index in [4.69, 9.17) is 14.7 Å². The van der Waals surface area contributed by atoms with E-state index in [1.165, 1.54) is 11.8 Å². The Morgan fingerprint density at radius 3 is 2.74 bits per heavy atom. The van der Waals surface area contributed by atoms with Crippen LogP contribution in [0.3, 0.4) is 0 Å². The number of hydrogen-bond donors (Lipinski definition) is 3. The number of halogens is 2. The summed E-state index contributed by atoms with van der Waals surface area (Å²) in [5.41, 5.74) is 2.31. The molecule has 2 amide bonds. The monoisotopic (exact) mass is 508 g/mol. The summed E-state index contributed by atoms with van der Waals surface area (Å²) in [6.45, 7) is 3.65. The van der Waals surface area contributed by atoms with Crippen molar-refractivity contribution in [3.8, 4) is 11.4 Å². The van der Waals surface area contributed by atoms with Gasteiger partial charge in [0.15, 0.2) is 10.6 Å². The molecular formula is C24H32F2N5O3S+. The first-order valence-corrected chi connectivity index (χ1v) is 12.9. The number of carbonyl (C=O) groups is 1. The van der Waals surface area contributed by atoms with Crippen LogP contribution >= 0.6 is 0 Å². The lowest BCUT2D eigenvalue weighted by Crippen LogP contribution is -2.44. The molecule has 1 aromatic carbocycles. The van der Waals surface area contributed by atoms with Crippen molar-refractivity contribution in [3.05, 3.63) is 36.0 Å². The molecule has 35 heavy (non-hydrogen) atoms. The molecule has 3 N–H and O–H groups in total. The zero-order valence-corrected chi connectivity index (χ0v) is 20.6. The third-order valence-corrected chi connectivity index (χ3v) is 7.94. The number of carbonyl (C=O) groups excluding carboxylic acids is 1. The van der Waals surface area contributed by atoms with Crippen molar-refractivity contribution in [3.63, 3.8) is 0 Å². The van der Waals surface area contributed by atoms with Gasteiger partial charge in [0.2, 0.25) is 0 Å². The number of hydrogen-bond acceptors (Lipinski definition) is 6. The zero-order chi connectivity index (χ0) is 24.8. The summed E-state index contributed by atoms with van der Waals surface area (Å²) >= 11 is 1.27. The summed E-state index contributed by atoms with van der Waals surface area (Å²) < 4.78 is 30.2. The number of ether oxygens (including phenoxy) is 1. The Balaban J connectivity index is 1.58. The number of aromatic nitrogens is 2. The number of nitrogens with one attached hydrogen (secondary N) is 2. The molecule has 2 aromatic rings. The van der Waals surface area contributed by atoms with Crippen LogP contribution < -0.4 is 15.5 Å². The van der Waals surface area contributed by atoms with Gasteiger partial charge in [-0.1, -0.05) is 0 Å². The van der Waals surface area contributed by atoms with Crippen molar-refractivity contribution in [1.29, 1.82) is 0 Å². The van der Waals surface area contributed by atoms with Crippen molar-refractivity contribution < 1.29 is 23.4 Å². The van der Waals surface area contributed by atoms with Gasteiger partial charge in [0.05, 0.1) is 25.8 Å². The van der Waals surface area contributed by atoms with E-state index in [-0.39, 0.29) is 17.4 Å². The molecule has 1 atom stereocenters. The van der Waals surface area contributed by atoms with Crippen molar-refractivity contribution in [2.24, 2.45) is 0 Å². The molecule has 0 unspecified atom stereocenters. The maximum absolute atomic E-state index is 12.3. The van der Waals surface area contributed by atoms with Crippen molar-refractivity contribution in [2.75, 3.05) is 48.9 Å². The van der Waals surface area contributed by atoms with E-state index in [1.54, 1.807) is 12.1 Å². The average molecular weight is 509 g/mol. The third-order valence-electron chi connectivity index (χ3n) is 6.12. The molecule has 2 aliphatic rings. The van der Waals surface area contributed by atoms with Gasteiger partial charge in [-0.15, -0.1) is 0 Å². The second-order valence-corrected chi connectivity index (χ2v) is 10.5. The molecule has 1 aliphatic heterocycles. The van der Waals surface area contributed by atoms with Crippen LogP contribution in [0.1, 0.15) is 31.9 Å². The van der Waals surface area contributed by atoms with E-state index < -0.39 is 19.0 Å². The number of alkyl halides is 2. The standard InChI is InChI=1S/C24H31F2N5O3S/c1-16-15-34-11-9-31(16)21-13-19(24(7-8-24)35-12-2-10-32)29-22(30-21)17-3-5-18(6-4-17)28-23(33)27-14-20(25)26/h3-6,13,16,20,32H,2,7-12,14-15H2,1H3,(H2,27,28,33)/p+1/t16-/m0/s1. The molecule has 0 bridgehead atoms. The molecule has 8 nitrogen and oxygen atoms in total. The minimum atomic E-state index is -2.60. The number of amides is 2. The number of thiol groups is 1. The summed E-state index contributed by atoms with van der Waals surface area (Å²) in [6, 6.07) is 8.66. The number of benzene rings is 1. The van der Waals surface area contributed by atoms with Crippen LogP contribution in [-0.2, 0) is 21.2 Å². The molecule has 2 heterocycles. The Bertz CT molecular complexity index is 1010. The van der Waals surface area contributed by atoms with Crippen LogP contribution in [0.2, 0.25) is 0 Å². The first kappa shape index (κ1) is 25.6. The van der Waals surface area contributed by atoms with Crippen LogP contribution in [0.4, 0.5) is 25.1 Å². The largest absolute Gasteiger partial charge is 0.396 e. The predicted octanol–water partition coefficient (Wildman–Crippen LogP) is 2.94. The van der Waals surface area contributed by atoms with Gasteiger partial charge in [0.25, 0.3) is 6.43 Å². The van der Waals surface area contributed by atoms with Crippen LogP contribution in [0.25, 0.3) is 11.4 Å². The van der Waals surface area contributed by atoms with E-state index in [0.717, 1.165) is 48.6 Å². The highest BCUT2D eigenvalue weighted by Gasteiger charge is 2.54. The van der Waals surface area contributed by atoms with Crippen molar-refractivity contribution in [2.45, 2.75) is 43.4 Å². The molecule has 0 spiro atoms. The minimum Gasteiger partial charge on any atom is -0.396 e. The highest BCUT2D eigenvalue weighted by molar-refractivity contribution is 7.79. The van der Waals surface area contributed by atoms with E-state index in [2.05, 4.69) is 28.5 Å². The second kappa shape index (κ2) is 11.5. The Kier molecular flexibility index (Phi) is 8.40. The van der Waals surface area contributed by atoms with E-state index >= 15 is 0 Å². The smallest absolute Gasteiger partial charge is 0.319 e. The quantitative estimate of drug-likeness (QED) is 0.259. The molecule has 1 saturated carbocycles. The van der Waals surface area contributed by atoms with Gasteiger partial charge in [0, 0.05) is 49.7 Å². The molecule has 2 fully saturated rings. The van der Waals surface area contributed by atoms with Crippen molar-refractivity contribution >= 4 is 29.3 Å². The SMILES string of the molecule is C[C@H]1COCCN1c1cc(C2([SH+]CCCO)CC2)nc(-c2ccc(NC(=O)NCC(F)F)cc2)n1. The maximum Gasteiger partial charge on any atom is 0.319 e. The molecule has 0 radical (unpaired) electrons. The summed E-state index contributed by atoms with van der Waals surface area (Å²) in [7, 11) is 0. The van der Waals surface area contributed by atoms with Crippen LogP contribution in [0.5, 0.6) is 0 Å². The first-order chi connectivity index (χ1) is 16.9. The second-order valence-electron chi connectivity index (χ2n) is 8.85. The highest BCUT2D eigenvalue weighted by Crippen LogP contribution is 2.50. The topological polar surface area (TPSA) is 99.6 Å². The Labute approximate surface area is 207 Å². The molecule has 4 rings (SSSR count). The molecule has 1 aliphatic carbocycles. The number of morpholine rings is 1. The average Bonchev–Trinajstić information content (AvgIpc) is 3.64. The van der Waals surface area contributed by atoms with Gasteiger partial charge < -0.3 is 25.4 Å². The Hall–Kier alpha value is -2.50. The number of nitrogens with zero attached hydrogens (tertiary/aromatic N) is 3. The number of aliphatic hydroxyl groups is 1. The normalized spacial score (nSPS) is 19.0. The Morgan fingerprint density at radius 2 is 2.09 bits per heavy atom. The van der Waals surface area contributed by atoms with Crippen molar-refractivity contribution in [1.82, 2.24) is 15.3 Å². The zero-order valence-electron chi connectivity index (χ0n) is 19.7. The maximum atomic E-state index is 12.3. The lowest BCUT2D eigenvalue weighted by molar-refractivity contribution is 0.0985. The van der Waals surface area contributed by atoms with Crippen LogP contribution in [0.15, 0.2) is 30.3 Å². The fourth-order valence-corrected chi connectivity index (χ4v) is 5.47. The van der Waals surface area contributed by atoms with Gasteiger partial charge in [-0.05, 0) is 43.0 Å². The summed E-state index contributed by atoms with van der Waals surface area (Å²) in [4.78, 5) is 23.9. The lowest BCUT2D eigenvalue weighted by Gasteiger charge is -2.34. The fourth-order valence-electron chi connectivity index (χ4n) is 4.04. The summed E-state index contributed by atoms with van der Waals surface area (Å²) in [6.07, 6.45) is 0.290. The number of aliphatic hydroxyl groups excluding tert-OH is 1. The van der Waals surface area contributed by atoms with Gasteiger partial charge in [0.1, 0.15) is 17.3 Å². The van der Waals surface area contributed by atoms with Crippen LogP contribution in [0, 0.1) is 0 Å². The Morgan fingerprint density at radius 1 is 1.31 bits per heavy atom. The molecule has 1 aromatic heterocycles. The first-order valence-electron chi connectivity index (χ1n) is 11.9. The molecular weight excluding hydrogens is 476 g/mol. The van der Waals surface area contributed by atoms with Gasteiger partial charge in [-0.2, -0.15) is 0 Å². The number of rotatable bonds is 10. The van der Waals surface area contributed by atoms with Gasteiger partial charge in [-0.3, -0.25) is 0 Å². The highest BCUT2D eigenvalue weighted by atomic mass is 32.2. The van der Waals surface area contributed by atoms with Gasteiger partial charge in [-0.25, -0.2) is 23.5 Å². The van der Waals surface area contributed by atoms with Crippen LogP contribution in [-0.4, -0.2) is 72.2 Å².